The molecule has 4 rings (SSSR count). The minimum absolute atomic E-state index is 0.175. The number of nitrogens with zero attached hydrogens (tertiary/aromatic N) is 6. The zero-order valence-electron chi connectivity index (χ0n) is 13.3. The number of hydrogen-bond acceptors (Lipinski definition) is 9. The number of nitrogens with two attached hydrogens (primary N) is 1. The van der Waals surface area contributed by atoms with Gasteiger partial charge in [-0.2, -0.15) is 5.10 Å². The van der Waals surface area contributed by atoms with Crippen molar-refractivity contribution in [3.63, 3.8) is 0 Å². The van der Waals surface area contributed by atoms with Crippen molar-refractivity contribution in [1.29, 1.82) is 0 Å². The summed E-state index contributed by atoms with van der Waals surface area (Å²) in [5, 5.41) is 33.5. The minimum atomic E-state index is -1.24. The lowest BCUT2D eigenvalue weighted by atomic mass is 10.1. The van der Waals surface area contributed by atoms with E-state index in [1.165, 1.54) is 10.9 Å². The van der Waals surface area contributed by atoms with Crippen LogP contribution in [0.15, 0.2) is 18.7 Å². The maximum absolute atomic E-state index is 10.2. The predicted molar refractivity (Wildman–Crippen MR) is 84.9 cm³/mol. The van der Waals surface area contributed by atoms with Crippen LogP contribution in [0.5, 0.6) is 0 Å². The number of aromatic nitrogens is 6. The van der Waals surface area contributed by atoms with Crippen LogP contribution >= 0.6 is 0 Å². The smallest absolute Gasteiger partial charge is 0.168 e. The Morgan fingerprint density at radius 3 is 2.72 bits per heavy atom. The van der Waals surface area contributed by atoms with Gasteiger partial charge in [0.2, 0.25) is 0 Å². The number of nitrogen functional groups attached to an aromatic ring is 1. The predicted octanol–water partition coefficient (Wildman–Crippen LogP) is -1.58. The summed E-state index contributed by atoms with van der Waals surface area (Å²) in [5.74, 6) is 0.529. The summed E-state index contributed by atoms with van der Waals surface area (Å²) in [4.78, 5) is 12.9. The summed E-state index contributed by atoms with van der Waals surface area (Å²) in [5.41, 5.74) is 7.35. The first-order chi connectivity index (χ1) is 12.0. The number of aliphatic hydroxyl groups excluding tert-OH is 3. The van der Waals surface area contributed by atoms with Gasteiger partial charge in [0.15, 0.2) is 23.5 Å². The van der Waals surface area contributed by atoms with Crippen molar-refractivity contribution in [2.75, 3.05) is 12.3 Å². The molecule has 1 unspecified atom stereocenters. The number of aliphatic hydroxyl groups is 3. The van der Waals surface area contributed by atoms with Crippen molar-refractivity contribution >= 4 is 17.0 Å². The third-order valence-electron chi connectivity index (χ3n) is 4.20. The third kappa shape index (κ3) is 2.44. The first-order valence-corrected chi connectivity index (χ1v) is 7.61. The summed E-state index contributed by atoms with van der Waals surface area (Å²) in [6.45, 7) is -0.417. The van der Waals surface area contributed by atoms with Crippen molar-refractivity contribution in [3.05, 3.63) is 18.7 Å². The Labute approximate surface area is 141 Å². The molecule has 1 fully saturated rings. The second kappa shape index (κ2) is 5.74. The van der Waals surface area contributed by atoms with Gasteiger partial charge in [0.05, 0.1) is 24.7 Å². The summed E-state index contributed by atoms with van der Waals surface area (Å²) in [6, 6.07) is 0. The molecule has 0 saturated carbocycles. The molecule has 11 nitrogen and oxygen atoms in total. The molecule has 0 radical (unpaired) electrons. The molecular weight excluding hydrogens is 330 g/mol. The SMILES string of the molecule is Cn1cc(-c2nc(N)c3ncn(C4O[C@@H](CO)[C@H](O)[C@@H]4O)c3n2)cn1. The molecule has 1 aliphatic rings. The lowest BCUT2D eigenvalue weighted by Crippen LogP contribution is -2.33. The quantitative estimate of drug-likeness (QED) is 0.439. The van der Waals surface area contributed by atoms with Gasteiger partial charge < -0.3 is 25.8 Å². The molecule has 0 amide bonds. The largest absolute Gasteiger partial charge is 0.394 e. The van der Waals surface area contributed by atoms with E-state index >= 15 is 0 Å². The molecule has 25 heavy (non-hydrogen) atoms. The lowest BCUT2D eigenvalue weighted by molar-refractivity contribution is -0.0511. The molecular formula is C14H17N7O4. The summed E-state index contributed by atoms with van der Waals surface area (Å²) in [7, 11) is 1.77. The second-order valence-corrected chi connectivity index (χ2v) is 5.89. The summed E-state index contributed by atoms with van der Waals surface area (Å²) < 4.78 is 8.61. The van der Waals surface area contributed by atoms with Crippen molar-refractivity contribution in [2.45, 2.75) is 24.5 Å². The Kier molecular flexibility index (Phi) is 3.65. The Hall–Kier alpha value is -2.60. The van der Waals surface area contributed by atoms with Crippen molar-refractivity contribution in [1.82, 2.24) is 29.3 Å². The fraction of sp³-hybridized carbons (Fsp3) is 0.429. The zero-order chi connectivity index (χ0) is 17.7. The van der Waals surface area contributed by atoms with E-state index in [1.807, 2.05) is 0 Å². The van der Waals surface area contributed by atoms with Gasteiger partial charge in [0.1, 0.15) is 23.8 Å². The van der Waals surface area contributed by atoms with Crippen LogP contribution in [0.1, 0.15) is 6.23 Å². The van der Waals surface area contributed by atoms with Crippen molar-refractivity contribution in [3.8, 4) is 11.4 Å². The van der Waals surface area contributed by atoms with Gasteiger partial charge in [0.25, 0.3) is 0 Å². The number of imidazole rings is 1. The topological polar surface area (TPSA) is 157 Å². The molecule has 4 heterocycles. The average molecular weight is 347 g/mol. The summed E-state index contributed by atoms with van der Waals surface area (Å²) >= 11 is 0. The van der Waals surface area contributed by atoms with Gasteiger partial charge in [-0.05, 0) is 0 Å². The standard InChI is InChI=1S/C14H17N7O4/c1-20-3-6(2-17-20)12-18-11(15)8-13(19-12)21(5-16-8)14-10(24)9(23)7(4-22)25-14/h2-3,5,7,9-10,14,22-24H,4H2,1H3,(H2,15,18,19)/t7-,9-,10-,14?/m0/s1. The monoisotopic (exact) mass is 347 g/mol. The maximum Gasteiger partial charge on any atom is 0.168 e. The van der Waals surface area contributed by atoms with E-state index in [0.29, 0.717) is 22.6 Å². The highest BCUT2D eigenvalue weighted by Crippen LogP contribution is 2.32. The highest BCUT2D eigenvalue weighted by Gasteiger charge is 2.44. The van der Waals surface area contributed by atoms with Crippen molar-refractivity contribution in [2.24, 2.45) is 7.05 Å². The average Bonchev–Trinajstić information content (AvgIpc) is 3.27. The van der Waals surface area contributed by atoms with E-state index < -0.39 is 31.1 Å². The Balaban J connectivity index is 1.82. The Morgan fingerprint density at radius 2 is 2.08 bits per heavy atom. The van der Waals surface area contributed by atoms with Crippen LogP contribution in [0.4, 0.5) is 5.82 Å². The van der Waals surface area contributed by atoms with Crippen LogP contribution in [0.3, 0.4) is 0 Å². The first-order valence-electron chi connectivity index (χ1n) is 7.61. The Bertz CT molecular complexity index is 923. The highest BCUT2D eigenvalue weighted by molar-refractivity contribution is 5.83. The molecule has 0 aromatic carbocycles. The Morgan fingerprint density at radius 1 is 1.28 bits per heavy atom. The molecule has 0 bridgehead atoms. The van der Waals surface area contributed by atoms with Gasteiger partial charge in [-0.1, -0.05) is 0 Å². The fourth-order valence-electron chi connectivity index (χ4n) is 2.90. The van der Waals surface area contributed by atoms with E-state index in [4.69, 9.17) is 10.5 Å². The van der Waals surface area contributed by atoms with Crippen LogP contribution in [-0.4, -0.2) is 69.5 Å². The van der Waals surface area contributed by atoms with E-state index in [0.717, 1.165) is 0 Å². The number of hydrogen-bond donors (Lipinski definition) is 4. The second-order valence-electron chi connectivity index (χ2n) is 5.89. The van der Waals surface area contributed by atoms with E-state index in [-0.39, 0.29) is 5.82 Å². The van der Waals surface area contributed by atoms with E-state index in [9.17, 15) is 15.3 Å². The third-order valence-corrected chi connectivity index (χ3v) is 4.20. The van der Waals surface area contributed by atoms with E-state index in [1.54, 1.807) is 24.1 Å². The van der Waals surface area contributed by atoms with Gasteiger partial charge in [0, 0.05) is 13.2 Å². The minimum Gasteiger partial charge on any atom is -0.394 e. The molecule has 5 N–H and O–H groups in total. The zero-order valence-corrected chi connectivity index (χ0v) is 13.3. The molecule has 4 atom stereocenters. The number of fused-ring (bicyclic) bond motifs is 1. The number of aryl methyl sites for hydroxylation is 1. The fourth-order valence-corrected chi connectivity index (χ4v) is 2.90. The molecule has 1 aliphatic heterocycles. The first kappa shape index (κ1) is 15.9. The maximum atomic E-state index is 10.2. The molecule has 11 heteroatoms. The number of rotatable bonds is 3. The molecule has 1 saturated heterocycles. The lowest BCUT2D eigenvalue weighted by Gasteiger charge is -2.16. The molecule has 132 valence electrons. The number of anilines is 1. The van der Waals surface area contributed by atoms with Crippen LogP contribution in [0.25, 0.3) is 22.6 Å². The van der Waals surface area contributed by atoms with Crippen LogP contribution in [0, 0.1) is 0 Å². The van der Waals surface area contributed by atoms with Crippen LogP contribution in [-0.2, 0) is 11.8 Å². The number of ether oxygens (including phenoxy) is 1. The van der Waals surface area contributed by atoms with Gasteiger partial charge >= 0.3 is 0 Å². The molecule has 0 spiro atoms. The van der Waals surface area contributed by atoms with E-state index in [2.05, 4.69) is 20.1 Å². The van der Waals surface area contributed by atoms with Gasteiger partial charge in [-0.15, -0.1) is 0 Å². The van der Waals surface area contributed by atoms with Crippen molar-refractivity contribution < 1.29 is 20.1 Å². The summed E-state index contributed by atoms with van der Waals surface area (Å²) in [6.07, 6.45) is 0.449. The van der Waals surface area contributed by atoms with Gasteiger partial charge in [-0.3, -0.25) is 9.25 Å². The van der Waals surface area contributed by atoms with Gasteiger partial charge in [-0.25, -0.2) is 15.0 Å². The molecule has 0 aliphatic carbocycles. The van der Waals surface area contributed by atoms with Crippen LogP contribution in [0.2, 0.25) is 0 Å². The normalized spacial score (nSPS) is 26.6. The van der Waals surface area contributed by atoms with Crippen LogP contribution < -0.4 is 5.73 Å². The molecule has 3 aromatic heterocycles. The molecule has 3 aromatic rings. The highest BCUT2D eigenvalue weighted by atomic mass is 16.6.